The summed E-state index contributed by atoms with van der Waals surface area (Å²) in [5.41, 5.74) is 2.50. The van der Waals surface area contributed by atoms with Crippen LogP contribution in [0.1, 0.15) is 27.2 Å². The number of amides is 2. The standard InChI is InChI=1S/C22H22N2O3/c1-16-7-5-10-18(13-16)21(25)24-20(14-17-8-3-2-4-9-17)22(26)23-15-19-11-6-12-27-19/h2-13,20H,14-15H2,1H3,(H,23,26)(H,24,25)/t20-/m0/s1. The van der Waals surface area contributed by atoms with Gasteiger partial charge in [-0.2, -0.15) is 0 Å². The summed E-state index contributed by atoms with van der Waals surface area (Å²) in [4.78, 5) is 25.3. The van der Waals surface area contributed by atoms with Crippen LogP contribution in [0.15, 0.2) is 77.4 Å². The monoisotopic (exact) mass is 362 g/mol. The number of benzene rings is 2. The second-order valence-corrected chi connectivity index (χ2v) is 6.38. The molecule has 3 aromatic rings. The van der Waals surface area contributed by atoms with Gasteiger partial charge in [0.25, 0.3) is 5.91 Å². The topological polar surface area (TPSA) is 71.3 Å². The number of hydrogen-bond donors (Lipinski definition) is 2. The Labute approximate surface area is 158 Å². The van der Waals surface area contributed by atoms with E-state index >= 15 is 0 Å². The zero-order valence-corrected chi connectivity index (χ0v) is 15.1. The third kappa shape index (κ3) is 5.31. The summed E-state index contributed by atoms with van der Waals surface area (Å²) in [7, 11) is 0. The maximum atomic E-state index is 12.7. The Morgan fingerprint density at radius 2 is 1.81 bits per heavy atom. The molecule has 2 amide bonds. The Morgan fingerprint density at radius 3 is 2.52 bits per heavy atom. The molecule has 0 fully saturated rings. The molecule has 1 aromatic heterocycles. The van der Waals surface area contributed by atoms with Gasteiger partial charge in [-0.25, -0.2) is 0 Å². The molecule has 0 aliphatic carbocycles. The molecule has 0 aliphatic rings. The van der Waals surface area contributed by atoms with Crippen molar-refractivity contribution < 1.29 is 14.0 Å². The Hall–Kier alpha value is -3.34. The zero-order valence-electron chi connectivity index (χ0n) is 15.1. The van der Waals surface area contributed by atoms with Crippen molar-refractivity contribution in [1.82, 2.24) is 10.6 Å². The molecule has 0 spiro atoms. The Kier molecular flexibility index (Phi) is 6.05. The van der Waals surface area contributed by atoms with Gasteiger partial charge < -0.3 is 15.1 Å². The van der Waals surface area contributed by atoms with Crippen molar-refractivity contribution in [3.8, 4) is 0 Å². The minimum absolute atomic E-state index is 0.253. The number of aryl methyl sites for hydroxylation is 1. The van der Waals surface area contributed by atoms with Gasteiger partial charge in [0.1, 0.15) is 11.8 Å². The van der Waals surface area contributed by atoms with Crippen LogP contribution in [0.5, 0.6) is 0 Å². The van der Waals surface area contributed by atoms with Crippen LogP contribution in [0.2, 0.25) is 0 Å². The highest BCUT2D eigenvalue weighted by molar-refractivity contribution is 5.97. The third-order valence-electron chi connectivity index (χ3n) is 4.20. The molecular weight excluding hydrogens is 340 g/mol. The molecule has 0 bridgehead atoms. The maximum Gasteiger partial charge on any atom is 0.251 e. The van der Waals surface area contributed by atoms with Crippen molar-refractivity contribution in [3.63, 3.8) is 0 Å². The molecule has 1 atom stereocenters. The average Bonchev–Trinajstić information content (AvgIpc) is 3.20. The molecule has 0 aliphatic heterocycles. The van der Waals surface area contributed by atoms with Crippen molar-refractivity contribution in [2.75, 3.05) is 0 Å². The lowest BCUT2D eigenvalue weighted by molar-refractivity contribution is -0.123. The summed E-state index contributed by atoms with van der Waals surface area (Å²) in [5.74, 6) is 0.135. The lowest BCUT2D eigenvalue weighted by atomic mass is 10.0. The van der Waals surface area contributed by atoms with E-state index in [1.54, 1.807) is 30.5 Å². The second kappa shape index (κ2) is 8.85. The molecule has 0 saturated carbocycles. The molecule has 138 valence electrons. The van der Waals surface area contributed by atoms with E-state index in [9.17, 15) is 9.59 Å². The summed E-state index contributed by atoms with van der Waals surface area (Å²) in [5, 5.41) is 5.68. The van der Waals surface area contributed by atoms with Crippen molar-refractivity contribution >= 4 is 11.8 Å². The summed E-state index contributed by atoms with van der Waals surface area (Å²) >= 11 is 0. The third-order valence-corrected chi connectivity index (χ3v) is 4.20. The van der Waals surface area contributed by atoms with Gasteiger partial charge >= 0.3 is 0 Å². The molecule has 0 saturated heterocycles. The van der Waals surface area contributed by atoms with Crippen LogP contribution in [0, 0.1) is 6.92 Å². The van der Waals surface area contributed by atoms with Gasteiger partial charge in [-0.05, 0) is 36.8 Å². The van der Waals surface area contributed by atoms with Crippen LogP contribution in [-0.4, -0.2) is 17.9 Å². The highest BCUT2D eigenvalue weighted by Crippen LogP contribution is 2.08. The van der Waals surface area contributed by atoms with Crippen LogP contribution in [0.4, 0.5) is 0 Å². The predicted molar refractivity (Wildman–Crippen MR) is 103 cm³/mol. The van der Waals surface area contributed by atoms with Gasteiger partial charge in [-0.15, -0.1) is 0 Å². The fraction of sp³-hybridized carbons (Fsp3) is 0.182. The van der Waals surface area contributed by atoms with E-state index in [4.69, 9.17) is 4.42 Å². The van der Waals surface area contributed by atoms with Crippen molar-refractivity contribution in [2.45, 2.75) is 25.9 Å². The fourth-order valence-corrected chi connectivity index (χ4v) is 2.80. The van der Waals surface area contributed by atoms with Gasteiger partial charge in [0.05, 0.1) is 12.8 Å². The number of rotatable bonds is 7. The first-order chi connectivity index (χ1) is 13.1. The number of nitrogens with one attached hydrogen (secondary N) is 2. The minimum Gasteiger partial charge on any atom is -0.467 e. The minimum atomic E-state index is -0.685. The lowest BCUT2D eigenvalue weighted by Gasteiger charge is -2.18. The van der Waals surface area contributed by atoms with E-state index in [-0.39, 0.29) is 18.4 Å². The lowest BCUT2D eigenvalue weighted by Crippen LogP contribution is -2.47. The predicted octanol–water partition coefficient (Wildman–Crippen LogP) is 3.25. The van der Waals surface area contributed by atoms with Gasteiger partial charge in [-0.3, -0.25) is 9.59 Å². The van der Waals surface area contributed by atoms with Crippen molar-refractivity contribution in [1.29, 1.82) is 0 Å². The summed E-state index contributed by atoms with van der Waals surface area (Å²) < 4.78 is 5.24. The SMILES string of the molecule is Cc1cccc(C(=O)N[C@@H](Cc2ccccc2)C(=O)NCc2ccco2)c1. The molecule has 1 heterocycles. The molecule has 5 heteroatoms. The van der Waals surface area contributed by atoms with E-state index in [0.717, 1.165) is 11.1 Å². The van der Waals surface area contributed by atoms with Crippen molar-refractivity contribution in [2.24, 2.45) is 0 Å². The smallest absolute Gasteiger partial charge is 0.251 e. The van der Waals surface area contributed by atoms with Crippen LogP contribution >= 0.6 is 0 Å². The van der Waals surface area contributed by atoms with Gasteiger partial charge in [0, 0.05) is 12.0 Å². The van der Waals surface area contributed by atoms with Gasteiger partial charge in [0.2, 0.25) is 5.91 Å². The Morgan fingerprint density at radius 1 is 1.00 bits per heavy atom. The van der Waals surface area contributed by atoms with Crippen LogP contribution in [0.25, 0.3) is 0 Å². The Bertz CT molecular complexity index is 889. The van der Waals surface area contributed by atoms with Crippen LogP contribution in [-0.2, 0) is 17.8 Å². The number of carbonyl (C=O) groups is 2. The zero-order chi connectivity index (χ0) is 19.1. The molecule has 27 heavy (non-hydrogen) atoms. The first-order valence-electron chi connectivity index (χ1n) is 8.83. The molecule has 2 N–H and O–H groups in total. The summed E-state index contributed by atoms with van der Waals surface area (Å²) in [6, 6.07) is 19.8. The van der Waals surface area contributed by atoms with E-state index < -0.39 is 6.04 Å². The average molecular weight is 362 g/mol. The largest absolute Gasteiger partial charge is 0.467 e. The highest BCUT2D eigenvalue weighted by atomic mass is 16.3. The van der Waals surface area contributed by atoms with Gasteiger partial charge in [0.15, 0.2) is 0 Å². The fourth-order valence-electron chi connectivity index (χ4n) is 2.80. The van der Waals surface area contributed by atoms with Crippen molar-refractivity contribution in [3.05, 3.63) is 95.4 Å². The first-order valence-corrected chi connectivity index (χ1v) is 8.83. The molecule has 5 nitrogen and oxygen atoms in total. The normalized spacial score (nSPS) is 11.6. The maximum absolute atomic E-state index is 12.7. The number of carbonyl (C=O) groups excluding carboxylic acids is 2. The van der Waals surface area contributed by atoms with E-state index in [1.165, 1.54) is 0 Å². The first kappa shape index (κ1) is 18.5. The second-order valence-electron chi connectivity index (χ2n) is 6.38. The summed E-state index contributed by atoms with van der Waals surface area (Å²) in [6.07, 6.45) is 1.96. The van der Waals surface area contributed by atoms with E-state index in [0.29, 0.717) is 17.7 Å². The number of hydrogen-bond acceptors (Lipinski definition) is 3. The molecule has 3 rings (SSSR count). The number of furan rings is 1. The van der Waals surface area contributed by atoms with Crippen LogP contribution in [0.3, 0.4) is 0 Å². The molecule has 0 unspecified atom stereocenters. The van der Waals surface area contributed by atoms with E-state index in [2.05, 4.69) is 10.6 Å². The van der Waals surface area contributed by atoms with Crippen LogP contribution < -0.4 is 10.6 Å². The Balaban J connectivity index is 1.72. The van der Waals surface area contributed by atoms with Gasteiger partial charge in [-0.1, -0.05) is 48.0 Å². The quantitative estimate of drug-likeness (QED) is 0.678. The molecule has 2 aromatic carbocycles. The summed E-state index contributed by atoms with van der Waals surface area (Å²) in [6.45, 7) is 2.20. The molecule has 0 radical (unpaired) electrons. The van der Waals surface area contributed by atoms with E-state index in [1.807, 2.05) is 49.4 Å². The molecular formula is C22H22N2O3. The highest BCUT2D eigenvalue weighted by Gasteiger charge is 2.22.